The van der Waals surface area contributed by atoms with E-state index in [1.165, 1.54) is 25.3 Å². The molecule has 1 amide bonds. The lowest BCUT2D eigenvalue weighted by Crippen LogP contribution is -2.37. The SMILES string of the molecule is COC(=O)c1ccc(NC(=O)C2CC23CCN(c2ncc(F)c(OCc4ccc(Cl)cc4F)n2)CC3)c(NC[C@@H]2CCO2)c1. The Hall–Kier alpha value is -4.03. The Kier molecular flexibility index (Phi) is 8.55. The minimum atomic E-state index is -0.746. The molecule has 1 aliphatic carbocycles. The van der Waals surface area contributed by atoms with Crippen LogP contribution in [0, 0.1) is 23.0 Å². The van der Waals surface area contributed by atoms with Crippen molar-refractivity contribution in [3.63, 3.8) is 0 Å². The second-order valence-corrected chi connectivity index (χ2v) is 11.8. The highest BCUT2D eigenvalue weighted by molar-refractivity contribution is 6.30. The third-order valence-corrected chi connectivity index (χ3v) is 8.87. The number of methoxy groups -OCH3 is 1. The van der Waals surface area contributed by atoms with Gasteiger partial charge in [0.25, 0.3) is 5.88 Å². The van der Waals surface area contributed by atoms with Gasteiger partial charge in [0.1, 0.15) is 12.4 Å². The van der Waals surface area contributed by atoms with Gasteiger partial charge in [-0.25, -0.2) is 14.2 Å². The summed E-state index contributed by atoms with van der Waals surface area (Å²) in [6.45, 7) is 2.25. The van der Waals surface area contributed by atoms with Gasteiger partial charge in [0, 0.05) is 42.7 Å². The summed E-state index contributed by atoms with van der Waals surface area (Å²) < 4.78 is 44.4. The Morgan fingerprint density at radius 1 is 1.14 bits per heavy atom. The Morgan fingerprint density at radius 2 is 1.93 bits per heavy atom. The maximum atomic E-state index is 14.4. The Balaban J connectivity index is 1.06. The molecule has 2 aromatic carbocycles. The molecule has 44 heavy (non-hydrogen) atoms. The largest absolute Gasteiger partial charge is 0.470 e. The van der Waals surface area contributed by atoms with Gasteiger partial charge in [0.2, 0.25) is 17.7 Å². The molecular formula is C31H32ClF2N5O5. The molecule has 1 spiro atoms. The molecule has 2 aliphatic heterocycles. The number of carbonyl (C=O) groups is 2. The number of nitrogens with one attached hydrogen (secondary N) is 2. The summed E-state index contributed by atoms with van der Waals surface area (Å²) in [5.41, 5.74) is 1.69. The summed E-state index contributed by atoms with van der Waals surface area (Å²) in [6.07, 6.45) is 4.33. The Labute approximate surface area is 258 Å². The zero-order valence-electron chi connectivity index (χ0n) is 24.1. The van der Waals surface area contributed by atoms with Crippen LogP contribution in [0.1, 0.15) is 41.6 Å². The average molecular weight is 628 g/mol. The molecule has 1 aromatic heterocycles. The lowest BCUT2D eigenvalue weighted by Gasteiger charge is -2.33. The Bertz CT molecular complexity index is 1560. The lowest BCUT2D eigenvalue weighted by molar-refractivity contribution is -0.118. The molecule has 3 heterocycles. The van der Waals surface area contributed by atoms with Crippen LogP contribution in [0.5, 0.6) is 5.88 Å². The number of carbonyl (C=O) groups excluding carboxylic acids is 2. The van der Waals surface area contributed by atoms with Crippen molar-refractivity contribution in [1.82, 2.24) is 9.97 Å². The monoisotopic (exact) mass is 627 g/mol. The molecule has 2 atom stereocenters. The fourth-order valence-corrected chi connectivity index (χ4v) is 5.90. The van der Waals surface area contributed by atoms with E-state index in [-0.39, 0.29) is 46.4 Å². The first kappa shape index (κ1) is 30.0. The topological polar surface area (TPSA) is 115 Å². The number of benzene rings is 2. The maximum absolute atomic E-state index is 14.4. The average Bonchev–Trinajstić information content (AvgIpc) is 3.70. The van der Waals surface area contributed by atoms with E-state index in [2.05, 4.69) is 20.6 Å². The van der Waals surface area contributed by atoms with Crippen LogP contribution >= 0.6 is 11.6 Å². The molecule has 2 N–H and O–H groups in total. The summed E-state index contributed by atoms with van der Waals surface area (Å²) in [5.74, 6) is -1.94. The van der Waals surface area contributed by atoms with Gasteiger partial charge >= 0.3 is 5.97 Å². The van der Waals surface area contributed by atoms with Crippen LogP contribution in [0.15, 0.2) is 42.6 Å². The standard InChI is InChI=1S/C31H32ClF2N5O5/c1-42-29(41)18-3-5-25(26(12-18)35-15-21-6-11-43-21)37-27(40)22-14-31(22)7-9-39(10-8-31)30-36-16-24(34)28(38-30)44-17-19-2-4-20(32)13-23(19)33/h2-5,12-13,16,21-22,35H,6-11,14-15,17H2,1H3,(H,37,40)/t21-,22?/m0/s1. The fraction of sp³-hybridized carbons (Fsp3) is 0.419. The van der Waals surface area contributed by atoms with Crippen molar-refractivity contribution in [3.8, 4) is 5.88 Å². The zero-order chi connectivity index (χ0) is 30.8. The van der Waals surface area contributed by atoms with Crippen molar-refractivity contribution in [1.29, 1.82) is 0 Å². The number of hydrogen-bond acceptors (Lipinski definition) is 9. The minimum Gasteiger partial charge on any atom is -0.470 e. The molecule has 1 saturated carbocycles. The van der Waals surface area contributed by atoms with E-state index in [0.29, 0.717) is 42.5 Å². The number of amides is 1. The molecule has 10 nitrogen and oxygen atoms in total. The number of piperidine rings is 1. The third kappa shape index (κ3) is 6.41. The molecule has 0 bridgehead atoms. The first-order valence-corrected chi connectivity index (χ1v) is 14.9. The van der Waals surface area contributed by atoms with E-state index >= 15 is 0 Å². The van der Waals surface area contributed by atoms with E-state index in [1.54, 1.807) is 18.2 Å². The molecule has 0 radical (unpaired) electrons. The number of nitrogens with zero attached hydrogens (tertiary/aromatic N) is 3. The smallest absolute Gasteiger partial charge is 0.337 e. The van der Waals surface area contributed by atoms with Gasteiger partial charge in [-0.15, -0.1) is 0 Å². The summed E-state index contributed by atoms with van der Waals surface area (Å²) >= 11 is 5.80. The number of esters is 1. The Morgan fingerprint density at radius 3 is 2.64 bits per heavy atom. The summed E-state index contributed by atoms with van der Waals surface area (Å²) in [5, 5.41) is 6.61. The van der Waals surface area contributed by atoms with Gasteiger partial charge in [-0.1, -0.05) is 17.7 Å². The molecule has 13 heteroatoms. The number of aromatic nitrogens is 2. The van der Waals surface area contributed by atoms with Gasteiger partial charge in [-0.3, -0.25) is 4.79 Å². The molecule has 3 aliphatic rings. The van der Waals surface area contributed by atoms with Crippen LogP contribution in [0.25, 0.3) is 0 Å². The molecule has 3 fully saturated rings. The lowest BCUT2D eigenvalue weighted by atomic mass is 9.90. The summed E-state index contributed by atoms with van der Waals surface area (Å²) in [7, 11) is 1.32. The van der Waals surface area contributed by atoms with Gasteiger partial charge in [0.15, 0.2) is 0 Å². The van der Waals surface area contributed by atoms with Crippen LogP contribution in [-0.2, 0) is 20.9 Å². The van der Waals surface area contributed by atoms with Crippen molar-refractivity contribution in [3.05, 3.63) is 70.4 Å². The third-order valence-electron chi connectivity index (χ3n) is 8.64. The summed E-state index contributed by atoms with van der Waals surface area (Å²) in [6, 6.07) is 9.18. The van der Waals surface area contributed by atoms with Crippen molar-refractivity contribution >= 4 is 40.8 Å². The molecule has 6 rings (SSSR count). The highest BCUT2D eigenvalue weighted by atomic mass is 35.5. The molecule has 1 unspecified atom stereocenters. The predicted molar refractivity (Wildman–Crippen MR) is 159 cm³/mol. The number of ether oxygens (including phenoxy) is 3. The maximum Gasteiger partial charge on any atom is 0.337 e. The predicted octanol–water partition coefficient (Wildman–Crippen LogP) is 5.22. The second-order valence-electron chi connectivity index (χ2n) is 11.4. The summed E-state index contributed by atoms with van der Waals surface area (Å²) in [4.78, 5) is 35.8. The highest BCUT2D eigenvalue weighted by Crippen LogP contribution is 2.60. The van der Waals surface area contributed by atoms with Crippen molar-refractivity contribution < 1.29 is 32.6 Å². The van der Waals surface area contributed by atoms with Gasteiger partial charge in [-0.2, -0.15) is 9.37 Å². The number of hydrogen-bond donors (Lipinski definition) is 2. The molecular weight excluding hydrogens is 596 g/mol. The minimum absolute atomic E-state index is 0.0737. The normalized spacial score (nSPS) is 20.0. The van der Waals surface area contributed by atoms with E-state index in [0.717, 1.165) is 38.5 Å². The number of halogens is 3. The van der Waals surface area contributed by atoms with E-state index in [1.807, 2.05) is 4.90 Å². The molecule has 2 saturated heterocycles. The van der Waals surface area contributed by atoms with Crippen molar-refractivity contribution in [2.24, 2.45) is 11.3 Å². The van der Waals surface area contributed by atoms with E-state index in [4.69, 9.17) is 25.8 Å². The van der Waals surface area contributed by atoms with Crippen LogP contribution in [0.4, 0.5) is 26.1 Å². The first-order valence-electron chi connectivity index (χ1n) is 14.5. The highest BCUT2D eigenvalue weighted by Gasteiger charge is 2.58. The van der Waals surface area contributed by atoms with E-state index < -0.39 is 17.6 Å². The van der Waals surface area contributed by atoms with Crippen LogP contribution in [0.2, 0.25) is 5.02 Å². The zero-order valence-corrected chi connectivity index (χ0v) is 24.8. The van der Waals surface area contributed by atoms with Crippen LogP contribution in [0.3, 0.4) is 0 Å². The van der Waals surface area contributed by atoms with Crippen molar-refractivity contribution in [2.75, 3.05) is 48.9 Å². The molecule has 3 aromatic rings. The van der Waals surface area contributed by atoms with Gasteiger partial charge in [-0.05, 0) is 61.4 Å². The van der Waals surface area contributed by atoms with Crippen LogP contribution < -0.4 is 20.3 Å². The fourth-order valence-electron chi connectivity index (χ4n) is 5.74. The second kappa shape index (κ2) is 12.5. The number of rotatable bonds is 10. The number of anilines is 3. The van der Waals surface area contributed by atoms with Crippen molar-refractivity contribution in [2.45, 2.75) is 38.4 Å². The van der Waals surface area contributed by atoms with Gasteiger partial charge in [0.05, 0.1) is 36.3 Å². The first-order chi connectivity index (χ1) is 21.2. The van der Waals surface area contributed by atoms with Crippen LogP contribution in [-0.4, -0.2) is 61.3 Å². The molecule has 232 valence electrons. The van der Waals surface area contributed by atoms with E-state index in [9.17, 15) is 18.4 Å². The quantitative estimate of drug-likeness (QED) is 0.292. The van der Waals surface area contributed by atoms with Gasteiger partial charge < -0.3 is 29.7 Å².